The van der Waals surface area contributed by atoms with Crippen molar-refractivity contribution in [1.82, 2.24) is 0 Å². The van der Waals surface area contributed by atoms with E-state index in [1.54, 1.807) is 0 Å². The summed E-state index contributed by atoms with van der Waals surface area (Å²) in [5.41, 5.74) is -0.647. The topological polar surface area (TPSA) is 55.7 Å². The van der Waals surface area contributed by atoms with Crippen LogP contribution in [0.15, 0.2) is 4.99 Å². The molecule has 0 atom stereocenters. The summed E-state index contributed by atoms with van der Waals surface area (Å²) >= 11 is 0. The number of rotatable bonds is 5. The molecule has 0 spiro atoms. The molecule has 0 aromatic carbocycles. The number of isocyanates is 1. The summed E-state index contributed by atoms with van der Waals surface area (Å²) in [7, 11) is 1.34. The molecular weight excluding hydrogens is 170 g/mol. The van der Waals surface area contributed by atoms with Crippen LogP contribution in [0.4, 0.5) is 0 Å². The van der Waals surface area contributed by atoms with Crippen LogP contribution in [0.5, 0.6) is 0 Å². The van der Waals surface area contributed by atoms with Gasteiger partial charge in [-0.3, -0.25) is 4.79 Å². The van der Waals surface area contributed by atoms with Gasteiger partial charge < -0.3 is 4.74 Å². The van der Waals surface area contributed by atoms with Gasteiger partial charge in [-0.1, -0.05) is 13.8 Å². The zero-order valence-electron chi connectivity index (χ0n) is 8.29. The maximum Gasteiger partial charge on any atom is 0.313 e. The summed E-state index contributed by atoms with van der Waals surface area (Å²) in [5.74, 6) is -0.309. The number of carbonyl (C=O) groups is 1. The number of hydrogen-bond acceptors (Lipinski definition) is 4. The second-order valence-corrected chi connectivity index (χ2v) is 2.89. The molecule has 0 aromatic rings. The Hall–Kier alpha value is -1.15. The SMILES string of the molecule is CCC(CC)(CN=C=O)C(=O)OC. The smallest absolute Gasteiger partial charge is 0.313 e. The van der Waals surface area contributed by atoms with Gasteiger partial charge in [-0.25, -0.2) is 9.79 Å². The lowest BCUT2D eigenvalue weighted by Gasteiger charge is -2.25. The van der Waals surface area contributed by atoms with Gasteiger partial charge in [-0.05, 0) is 12.8 Å². The Morgan fingerprint density at radius 1 is 1.46 bits per heavy atom. The molecule has 0 aliphatic rings. The maximum absolute atomic E-state index is 11.4. The quantitative estimate of drug-likeness (QED) is 0.368. The second-order valence-electron chi connectivity index (χ2n) is 2.89. The number of esters is 1. The fourth-order valence-corrected chi connectivity index (χ4v) is 1.23. The van der Waals surface area contributed by atoms with E-state index in [9.17, 15) is 9.59 Å². The second kappa shape index (κ2) is 5.49. The van der Waals surface area contributed by atoms with Crippen LogP contribution in [0.25, 0.3) is 0 Å². The van der Waals surface area contributed by atoms with Crippen LogP contribution in [-0.4, -0.2) is 25.7 Å². The van der Waals surface area contributed by atoms with Crippen LogP contribution in [0, 0.1) is 5.41 Å². The normalized spacial score (nSPS) is 10.4. The number of nitrogens with zero attached hydrogens (tertiary/aromatic N) is 1. The molecular formula is C9H15NO3. The van der Waals surface area contributed by atoms with Crippen molar-refractivity contribution in [3.63, 3.8) is 0 Å². The summed E-state index contributed by atoms with van der Waals surface area (Å²) in [6.07, 6.45) is 2.66. The monoisotopic (exact) mass is 185 g/mol. The first-order valence-electron chi connectivity index (χ1n) is 4.29. The Balaban J connectivity index is 4.67. The van der Waals surface area contributed by atoms with Gasteiger partial charge in [0.15, 0.2) is 0 Å². The van der Waals surface area contributed by atoms with Crippen molar-refractivity contribution in [3.05, 3.63) is 0 Å². The van der Waals surface area contributed by atoms with E-state index in [1.807, 2.05) is 13.8 Å². The maximum atomic E-state index is 11.4. The highest BCUT2D eigenvalue weighted by Crippen LogP contribution is 2.28. The van der Waals surface area contributed by atoms with E-state index in [2.05, 4.69) is 9.73 Å². The Morgan fingerprint density at radius 2 is 2.00 bits per heavy atom. The van der Waals surface area contributed by atoms with Crippen LogP contribution in [0.1, 0.15) is 26.7 Å². The van der Waals surface area contributed by atoms with E-state index in [1.165, 1.54) is 13.2 Å². The molecule has 0 amide bonds. The van der Waals surface area contributed by atoms with Gasteiger partial charge in [0.2, 0.25) is 6.08 Å². The fraction of sp³-hybridized carbons (Fsp3) is 0.778. The lowest BCUT2D eigenvalue weighted by Crippen LogP contribution is -2.34. The van der Waals surface area contributed by atoms with E-state index in [0.29, 0.717) is 12.8 Å². The molecule has 0 unspecified atom stereocenters. The highest BCUT2D eigenvalue weighted by molar-refractivity contribution is 5.77. The minimum Gasteiger partial charge on any atom is -0.469 e. The molecule has 4 nitrogen and oxygen atoms in total. The average molecular weight is 185 g/mol. The fourth-order valence-electron chi connectivity index (χ4n) is 1.23. The predicted octanol–water partition coefficient (Wildman–Crippen LogP) is 1.30. The largest absolute Gasteiger partial charge is 0.469 e. The molecule has 0 aromatic heterocycles. The number of carbonyl (C=O) groups excluding carboxylic acids is 2. The standard InChI is InChI=1S/C9H15NO3/c1-4-9(5-2,6-10-7-11)8(12)13-3/h4-6H2,1-3H3. The van der Waals surface area contributed by atoms with Crippen molar-refractivity contribution in [1.29, 1.82) is 0 Å². The Kier molecular flexibility index (Phi) is 5.00. The minimum absolute atomic E-state index is 0.163. The Morgan fingerprint density at radius 3 is 2.31 bits per heavy atom. The zero-order chi connectivity index (χ0) is 10.3. The summed E-state index contributed by atoms with van der Waals surface area (Å²) in [4.78, 5) is 24.8. The van der Waals surface area contributed by atoms with Crippen molar-refractivity contribution < 1.29 is 14.3 Å². The lowest BCUT2D eigenvalue weighted by atomic mass is 9.82. The predicted molar refractivity (Wildman–Crippen MR) is 48.0 cm³/mol. The highest BCUT2D eigenvalue weighted by Gasteiger charge is 2.35. The van der Waals surface area contributed by atoms with Gasteiger partial charge >= 0.3 is 5.97 Å². The summed E-state index contributed by atoms with van der Waals surface area (Å²) in [6, 6.07) is 0. The number of ether oxygens (including phenoxy) is 1. The third kappa shape index (κ3) is 2.67. The lowest BCUT2D eigenvalue weighted by molar-refractivity contribution is -0.152. The van der Waals surface area contributed by atoms with Gasteiger partial charge in [0.25, 0.3) is 0 Å². The minimum atomic E-state index is -0.647. The molecule has 0 radical (unpaired) electrons. The molecule has 0 rings (SSSR count). The van der Waals surface area contributed by atoms with Gasteiger partial charge in [-0.2, -0.15) is 0 Å². The molecule has 0 bridgehead atoms. The van der Waals surface area contributed by atoms with Crippen molar-refractivity contribution in [3.8, 4) is 0 Å². The van der Waals surface area contributed by atoms with Crippen LogP contribution < -0.4 is 0 Å². The van der Waals surface area contributed by atoms with Crippen molar-refractivity contribution >= 4 is 12.0 Å². The van der Waals surface area contributed by atoms with Crippen molar-refractivity contribution in [2.75, 3.05) is 13.7 Å². The summed E-state index contributed by atoms with van der Waals surface area (Å²) in [6.45, 7) is 3.91. The van der Waals surface area contributed by atoms with E-state index in [-0.39, 0.29) is 12.5 Å². The number of hydrogen-bond donors (Lipinski definition) is 0. The van der Waals surface area contributed by atoms with Gasteiger partial charge in [0, 0.05) is 0 Å². The molecule has 0 saturated carbocycles. The summed E-state index contributed by atoms with van der Waals surface area (Å²) < 4.78 is 4.67. The molecule has 4 heteroatoms. The zero-order valence-corrected chi connectivity index (χ0v) is 8.29. The van der Waals surface area contributed by atoms with Crippen molar-refractivity contribution in [2.24, 2.45) is 10.4 Å². The van der Waals surface area contributed by atoms with Crippen LogP contribution in [0.3, 0.4) is 0 Å². The molecule has 0 saturated heterocycles. The number of methoxy groups -OCH3 is 1. The van der Waals surface area contributed by atoms with Gasteiger partial charge in [0.05, 0.1) is 19.1 Å². The first-order valence-corrected chi connectivity index (χ1v) is 4.29. The van der Waals surface area contributed by atoms with Crippen LogP contribution in [-0.2, 0) is 14.3 Å². The third-order valence-corrected chi connectivity index (χ3v) is 2.42. The van der Waals surface area contributed by atoms with E-state index in [4.69, 9.17) is 0 Å². The molecule has 0 N–H and O–H groups in total. The summed E-state index contributed by atoms with van der Waals surface area (Å²) in [5, 5.41) is 0. The van der Waals surface area contributed by atoms with Crippen molar-refractivity contribution in [2.45, 2.75) is 26.7 Å². The molecule has 13 heavy (non-hydrogen) atoms. The van der Waals surface area contributed by atoms with Gasteiger partial charge in [-0.15, -0.1) is 0 Å². The molecule has 0 heterocycles. The Labute approximate surface area is 78.0 Å². The first-order chi connectivity index (χ1) is 6.16. The van der Waals surface area contributed by atoms with E-state index in [0.717, 1.165) is 0 Å². The van der Waals surface area contributed by atoms with Gasteiger partial charge in [0.1, 0.15) is 0 Å². The molecule has 0 aliphatic carbocycles. The average Bonchev–Trinajstić information content (AvgIpc) is 2.19. The van der Waals surface area contributed by atoms with Crippen LogP contribution in [0.2, 0.25) is 0 Å². The molecule has 0 fully saturated rings. The highest BCUT2D eigenvalue weighted by atomic mass is 16.5. The molecule has 74 valence electrons. The first kappa shape index (κ1) is 11.8. The molecule has 0 aliphatic heterocycles. The van der Waals surface area contributed by atoms with Crippen LogP contribution >= 0.6 is 0 Å². The number of aliphatic imine (C=N–C) groups is 1. The Bertz CT molecular complexity index is 215. The third-order valence-electron chi connectivity index (χ3n) is 2.42. The van der Waals surface area contributed by atoms with E-state index < -0.39 is 5.41 Å². The van der Waals surface area contributed by atoms with E-state index >= 15 is 0 Å².